The van der Waals surface area contributed by atoms with E-state index in [0.29, 0.717) is 17.1 Å². The number of azo groups is 1. The van der Waals surface area contributed by atoms with Crippen LogP contribution in [0.2, 0.25) is 0 Å². The van der Waals surface area contributed by atoms with Crippen LogP contribution in [-0.2, 0) is 14.8 Å². The normalized spacial score (nSPS) is 12.7. The van der Waals surface area contributed by atoms with E-state index in [1.165, 1.54) is 38.1 Å². The molecule has 10 heteroatoms. The molecule has 0 aliphatic heterocycles. The standard InChI is InChI=1S/C17H19N5O4S/c1-10-9-11(2)19-17(18-10)22-27(25,26)15-7-5-14(6-8-15)20-21-16(12(3)23)13(4)24/h5-9,23H,1-4H3,(H,18,19,22)/b16-12+,21-20?. The van der Waals surface area contributed by atoms with Gasteiger partial charge in [-0.25, -0.2) is 23.1 Å². The van der Waals surface area contributed by atoms with Crippen molar-refractivity contribution in [3.8, 4) is 0 Å². The van der Waals surface area contributed by atoms with Gasteiger partial charge in [-0.3, -0.25) is 4.79 Å². The summed E-state index contributed by atoms with van der Waals surface area (Å²) in [6, 6.07) is 7.25. The highest BCUT2D eigenvalue weighted by molar-refractivity contribution is 7.92. The van der Waals surface area contributed by atoms with Crippen molar-refractivity contribution >= 4 is 27.4 Å². The number of rotatable bonds is 6. The summed E-state index contributed by atoms with van der Waals surface area (Å²) in [4.78, 5) is 19.4. The topological polar surface area (TPSA) is 134 Å². The van der Waals surface area contributed by atoms with Gasteiger partial charge in [0.2, 0.25) is 5.95 Å². The summed E-state index contributed by atoms with van der Waals surface area (Å²) < 4.78 is 27.2. The first kappa shape index (κ1) is 20.2. The zero-order valence-electron chi connectivity index (χ0n) is 15.3. The van der Waals surface area contributed by atoms with Crippen LogP contribution in [0, 0.1) is 13.8 Å². The lowest BCUT2D eigenvalue weighted by Crippen LogP contribution is -2.15. The fourth-order valence-corrected chi connectivity index (χ4v) is 3.09. The number of hydrogen-bond acceptors (Lipinski definition) is 8. The summed E-state index contributed by atoms with van der Waals surface area (Å²) in [7, 11) is -3.87. The number of ketones is 1. The quantitative estimate of drug-likeness (QED) is 0.442. The van der Waals surface area contributed by atoms with Gasteiger partial charge in [-0.2, -0.15) is 5.11 Å². The zero-order valence-corrected chi connectivity index (χ0v) is 16.1. The average Bonchev–Trinajstić information content (AvgIpc) is 2.53. The van der Waals surface area contributed by atoms with Crippen molar-refractivity contribution in [1.29, 1.82) is 0 Å². The Bertz CT molecular complexity index is 1000. The Morgan fingerprint density at radius 3 is 2.11 bits per heavy atom. The van der Waals surface area contributed by atoms with Gasteiger partial charge in [0.05, 0.1) is 10.6 Å². The van der Waals surface area contributed by atoms with Gasteiger partial charge < -0.3 is 5.11 Å². The second-order valence-corrected chi connectivity index (χ2v) is 7.45. The van der Waals surface area contributed by atoms with Gasteiger partial charge in [0, 0.05) is 18.3 Å². The number of anilines is 1. The van der Waals surface area contributed by atoms with Crippen LogP contribution >= 0.6 is 0 Å². The molecule has 2 N–H and O–H groups in total. The molecule has 1 aromatic heterocycles. The first-order chi connectivity index (χ1) is 12.6. The summed E-state index contributed by atoms with van der Waals surface area (Å²) in [5.41, 5.74) is 1.44. The number of nitrogens with one attached hydrogen (secondary N) is 1. The van der Waals surface area contributed by atoms with Crippen molar-refractivity contribution in [3.05, 3.63) is 53.2 Å². The van der Waals surface area contributed by atoms with Gasteiger partial charge in [0.1, 0.15) is 5.76 Å². The van der Waals surface area contributed by atoms with E-state index in [1.807, 2.05) is 0 Å². The Morgan fingerprint density at radius 1 is 1.07 bits per heavy atom. The van der Waals surface area contributed by atoms with E-state index in [1.54, 1.807) is 19.9 Å². The van der Waals surface area contributed by atoms with Crippen molar-refractivity contribution in [3.63, 3.8) is 0 Å². The van der Waals surface area contributed by atoms with Crippen LogP contribution in [0.4, 0.5) is 11.6 Å². The summed E-state index contributed by atoms with van der Waals surface area (Å²) in [6.45, 7) is 6.06. The highest BCUT2D eigenvalue weighted by atomic mass is 32.2. The van der Waals surface area contributed by atoms with E-state index in [2.05, 4.69) is 24.9 Å². The van der Waals surface area contributed by atoms with Gasteiger partial charge in [-0.15, -0.1) is 5.11 Å². The molecule has 0 saturated heterocycles. The second-order valence-electron chi connectivity index (χ2n) is 5.76. The molecule has 1 heterocycles. The Labute approximate surface area is 157 Å². The highest BCUT2D eigenvalue weighted by Crippen LogP contribution is 2.20. The fourth-order valence-electron chi connectivity index (χ4n) is 2.15. The second kappa shape index (κ2) is 8.04. The summed E-state index contributed by atoms with van der Waals surface area (Å²) in [5.74, 6) is -0.690. The molecule has 0 bridgehead atoms. The summed E-state index contributed by atoms with van der Waals surface area (Å²) in [6.07, 6.45) is 0. The number of carbonyl (C=O) groups excluding carboxylic acids is 1. The van der Waals surface area contributed by atoms with Crippen molar-refractivity contribution in [1.82, 2.24) is 9.97 Å². The molecule has 0 fully saturated rings. The summed E-state index contributed by atoms with van der Waals surface area (Å²) in [5, 5.41) is 16.9. The SMILES string of the molecule is CC(=O)/C(N=Nc1ccc(S(=O)(=O)Nc2nc(C)cc(C)n2)cc1)=C(/C)O. The van der Waals surface area contributed by atoms with Gasteiger partial charge in [0.25, 0.3) is 10.0 Å². The van der Waals surface area contributed by atoms with Crippen LogP contribution < -0.4 is 4.72 Å². The summed E-state index contributed by atoms with van der Waals surface area (Å²) >= 11 is 0. The minimum absolute atomic E-state index is 0.00841. The molecule has 0 aliphatic rings. The van der Waals surface area contributed by atoms with Crippen LogP contribution in [0.15, 0.2) is 56.9 Å². The van der Waals surface area contributed by atoms with Crippen LogP contribution in [0.3, 0.4) is 0 Å². The molecule has 1 aromatic carbocycles. The predicted molar refractivity (Wildman–Crippen MR) is 99.3 cm³/mol. The molecule has 0 atom stereocenters. The first-order valence-electron chi connectivity index (χ1n) is 7.86. The van der Waals surface area contributed by atoms with Crippen LogP contribution in [-0.4, -0.2) is 29.3 Å². The van der Waals surface area contributed by atoms with Crippen molar-refractivity contribution in [2.45, 2.75) is 32.6 Å². The van der Waals surface area contributed by atoms with Gasteiger partial charge in [-0.05, 0) is 51.1 Å². The van der Waals surface area contributed by atoms with E-state index in [9.17, 15) is 18.3 Å². The Kier molecular flexibility index (Phi) is 6.01. The Balaban J connectivity index is 2.23. The average molecular weight is 389 g/mol. The molecule has 0 amide bonds. The number of Topliss-reactive ketones (excluding diaryl/α,β-unsaturated/α-hetero) is 1. The Hall–Kier alpha value is -3.14. The van der Waals surface area contributed by atoms with E-state index in [-0.39, 0.29) is 22.3 Å². The number of aliphatic hydroxyl groups is 1. The number of nitrogens with zero attached hydrogens (tertiary/aromatic N) is 4. The maximum absolute atomic E-state index is 12.4. The van der Waals surface area contributed by atoms with E-state index >= 15 is 0 Å². The van der Waals surface area contributed by atoms with Crippen molar-refractivity contribution in [2.24, 2.45) is 10.2 Å². The lowest BCUT2D eigenvalue weighted by molar-refractivity contribution is -0.113. The fraction of sp³-hybridized carbons (Fsp3) is 0.235. The molecular formula is C17H19N5O4S. The van der Waals surface area contributed by atoms with Gasteiger partial charge in [0.15, 0.2) is 11.5 Å². The van der Waals surface area contributed by atoms with E-state index in [0.717, 1.165) is 0 Å². The third-order valence-corrected chi connectivity index (χ3v) is 4.64. The smallest absolute Gasteiger partial charge is 0.264 e. The monoisotopic (exact) mass is 389 g/mol. The van der Waals surface area contributed by atoms with Crippen molar-refractivity contribution in [2.75, 3.05) is 4.72 Å². The number of aromatic nitrogens is 2. The molecule has 0 spiro atoms. The molecule has 2 aromatic rings. The maximum Gasteiger partial charge on any atom is 0.264 e. The minimum Gasteiger partial charge on any atom is -0.510 e. The van der Waals surface area contributed by atoms with E-state index in [4.69, 9.17) is 0 Å². The number of hydrogen-bond donors (Lipinski definition) is 2. The Morgan fingerprint density at radius 2 is 1.63 bits per heavy atom. The zero-order chi connectivity index (χ0) is 20.2. The molecule has 142 valence electrons. The molecule has 0 unspecified atom stereocenters. The number of sulfonamides is 1. The predicted octanol–water partition coefficient (Wildman–Crippen LogP) is 3.36. The van der Waals surface area contributed by atoms with Crippen LogP contribution in [0.25, 0.3) is 0 Å². The number of aliphatic hydroxyl groups excluding tert-OH is 1. The number of benzene rings is 1. The third kappa shape index (κ3) is 5.42. The number of aryl methyl sites for hydroxylation is 2. The highest BCUT2D eigenvalue weighted by Gasteiger charge is 2.16. The maximum atomic E-state index is 12.4. The van der Waals surface area contributed by atoms with Gasteiger partial charge in [-0.1, -0.05) is 0 Å². The minimum atomic E-state index is -3.87. The van der Waals surface area contributed by atoms with Crippen LogP contribution in [0.1, 0.15) is 25.2 Å². The van der Waals surface area contributed by atoms with Gasteiger partial charge >= 0.3 is 0 Å². The molecule has 2 rings (SSSR count). The molecule has 0 aliphatic carbocycles. The number of allylic oxidation sites excluding steroid dienone is 2. The molecule has 9 nitrogen and oxygen atoms in total. The molecule has 0 saturated carbocycles. The number of carbonyl (C=O) groups is 1. The van der Waals surface area contributed by atoms with E-state index < -0.39 is 15.8 Å². The lowest BCUT2D eigenvalue weighted by Gasteiger charge is -2.08. The molecule has 0 radical (unpaired) electrons. The van der Waals surface area contributed by atoms with Crippen LogP contribution in [0.5, 0.6) is 0 Å². The lowest BCUT2D eigenvalue weighted by atomic mass is 10.3. The first-order valence-corrected chi connectivity index (χ1v) is 9.34. The van der Waals surface area contributed by atoms with Crippen molar-refractivity contribution < 1.29 is 18.3 Å². The third-order valence-electron chi connectivity index (χ3n) is 3.30. The molecule has 27 heavy (non-hydrogen) atoms. The largest absolute Gasteiger partial charge is 0.510 e. The molecular weight excluding hydrogens is 370 g/mol.